The van der Waals surface area contributed by atoms with Gasteiger partial charge in [-0.05, 0) is 47.9 Å². The van der Waals surface area contributed by atoms with Gasteiger partial charge in [-0.2, -0.15) is 8.78 Å². The Hall–Kier alpha value is -3.49. The van der Waals surface area contributed by atoms with Gasteiger partial charge in [0.1, 0.15) is 12.6 Å². The molecule has 0 spiro atoms. The smallest absolute Gasteiger partial charge is 0.407 e. The van der Waals surface area contributed by atoms with Crippen LogP contribution in [-0.2, 0) is 14.3 Å². The standard InChI is InChI=1S/C25H26F2N2O5/c1-14(12-21(30)29-22(15-10-11-15)25(26,27)23(31)32)28-24(33)34-13-20-18-8-4-2-6-16(18)17-7-3-5-9-19(17)20/h2-9,14-15,20,22H,10-13H2,1H3,(H,28,33)(H,29,30)(H,31,32)/t14-,22?/m1/s1. The number of hydrogen-bond donors (Lipinski definition) is 3. The molecule has 2 amide bonds. The number of rotatable bonds is 9. The quantitative estimate of drug-likeness (QED) is 0.513. The first-order valence-electron chi connectivity index (χ1n) is 11.2. The van der Waals surface area contributed by atoms with Gasteiger partial charge in [-0.15, -0.1) is 0 Å². The van der Waals surface area contributed by atoms with Crippen LogP contribution in [0.2, 0.25) is 0 Å². The van der Waals surface area contributed by atoms with E-state index in [2.05, 4.69) is 10.6 Å². The second kappa shape index (κ2) is 9.40. The van der Waals surface area contributed by atoms with Crippen molar-refractivity contribution in [1.29, 1.82) is 0 Å². The van der Waals surface area contributed by atoms with E-state index in [4.69, 9.17) is 9.84 Å². The highest BCUT2D eigenvalue weighted by Crippen LogP contribution is 2.44. The molecule has 2 aliphatic carbocycles. The maximum absolute atomic E-state index is 14.0. The van der Waals surface area contributed by atoms with Gasteiger partial charge < -0.3 is 20.5 Å². The molecule has 0 saturated heterocycles. The number of aliphatic carboxylic acids is 1. The summed E-state index contributed by atoms with van der Waals surface area (Å²) in [6.45, 7) is 1.65. The summed E-state index contributed by atoms with van der Waals surface area (Å²) in [5.74, 6) is -7.77. The Bertz CT molecular complexity index is 1060. The van der Waals surface area contributed by atoms with Gasteiger partial charge in [-0.1, -0.05) is 48.5 Å². The lowest BCUT2D eigenvalue weighted by molar-refractivity contribution is -0.171. The van der Waals surface area contributed by atoms with Crippen molar-refractivity contribution in [2.45, 2.75) is 50.1 Å². The molecule has 0 radical (unpaired) electrons. The maximum atomic E-state index is 14.0. The minimum atomic E-state index is -4.06. The highest BCUT2D eigenvalue weighted by molar-refractivity contribution is 5.82. The number of carboxylic acid groups (broad SMARTS) is 1. The van der Waals surface area contributed by atoms with Crippen LogP contribution in [0.4, 0.5) is 13.6 Å². The fourth-order valence-corrected chi connectivity index (χ4v) is 4.47. The van der Waals surface area contributed by atoms with E-state index < -0.39 is 41.9 Å². The van der Waals surface area contributed by atoms with Crippen molar-refractivity contribution in [3.05, 3.63) is 59.7 Å². The molecule has 1 unspecified atom stereocenters. The summed E-state index contributed by atoms with van der Waals surface area (Å²) in [6, 6.07) is 13.4. The van der Waals surface area contributed by atoms with Crippen LogP contribution in [0.15, 0.2) is 48.5 Å². The van der Waals surface area contributed by atoms with Gasteiger partial charge in [0.25, 0.3) is 0 Å². The normalized spacial score (nSPS) is 16.7. The van der Waals surface area contributed by atoms with E-state index in [1.165, 1.54) is 0 Å². The van der Waals surface area contributed by atoms with Gasteiger partial charge in [0.15, 0.2) is 0 Å². The molecule has 7 nitrogen and oxygen atoms in total. The minimum absolute atomic E-state index is 0.105. The molecule has 1 saturated carbocycles. The van der Waals surface area contributed by atoms with Crippen LogP contribution in [0.3, 0.4) is 0 Å². The lowest BCUT2D eigenvalue weighted by atomic mass is 9.98. The number of alkyl carbamates (subject to hydrolysis) is 1. The number of carbonyl (C=O) groups excluding carboxylic acids is 2. The summed E-state index contributed by atoms with van der Waals surface area (Å²) in [5, 5.41) is 13.5. The van der Waals surface area contributed by atoms with E-state index in [1.54, 1.807) is 6.92 Å². The van der Waals surface area contributed by atoms with E-state index in [0.29, 0.717) is 12.8 Å². The van der Waals surface area contributed by atoms with Crippen LogP contribution in [0.5, 0.6) is 0 Å². The zero-order chi connectivity index (χ0) is 24.5. The molecule has 2 aromatic carbocycles. The van der Waals surface area contributed by atoms with Crippen LogP contribution in [-0.4, -0.2) is 47.7 Å². The molecular formula is C25H26F2N2O5. The van der Waals surface area contributed by atoms with Gasteiger partial charge in [0.05, 0.1) is 0 Å². The number of hydrogen-bond acceptors (Lipinski definition) is 4. The van der Waals surface area contributed by atoms with Crippen molar-refractivity contribution < 1.29 is 33.0 Å². The lowest BCUT2D eigenvalue weighted by Crippen LogP contribution is -2.54. The first-order valence-corrected chi connectivity index (χ1v) is 11.2. The van der Waals surface area contributed by atoms with Crippen molar-refractivity contribution in [1.82, 2.24) is 10.6 Å². The molecule has 2 aliphatic rings. The SMILES string of the molecule is C[C@H](CC(=O)NC(C1CC1)C(F)(F)C(=O)O)NC(=O)OCC1c2ccccc2-c2ccccc21. The Balaban J connectivity index is 1.30. The van der Waals surface area contributed by atoms with E-state index >= 15 is 0 Å². The van der Waals surface area contributed by atoms with Gasteiger partial charge in [0.2, 0.25) is 5.91 Å². The zero-order valence-electron chi connectivity index (χ0n) is 18.6. The van der Waals surface area contributed by atoms with Crippen LogP contribution in [0.1, 0.15) is 43.2 Å². The maximum Gasteiger partial charge on any atom is 0.407 e. The summed E-state index contributed by atoms with van der Waals surface area (Å²) >= 11 is 0. The van der Waals surface area contributed by atoms with Gasteiger partial charge in [-0.25, -0.2) is 9.59 Å². The Morgan fingerprint density at radius 3 is 2.12 bits per heavy atom. The molecule has 0 aliphatic heterocycles. The minimum Gasteiger partial charge on any atom is -0.477 e. The molecule has 0 bridgehead atoms. The molecule has 2 atom stereocenters. The third-order valence-electron chi connectivity index (χ3n) is 6.29. The van der Waals surface area contributed by atoms with Crippen molar-refractivity contribution >= 4 is 18.0 Å². The molecule has 0 aromatic heterocycles. The number of alkyl halides is 2. The molecule has 3 N–H and O–H groups in total. The number of nitrogens with one attached hydrogen (secondary N) is 2. The van der Waals surface area contributed by atoms with E-state index in [0.717, 1.165) is 22.3 Å². The number of fused-ring (bicyclic) bond motifs is 3. The predicted octanol–water partition coefficient (Wildman–Crippen LogP) is 3.92. The van der Waals surface area contributed by atoms with Crippen molar-refractivity contribution in [2.24, 2.45) is 5.92 Å². The molecule has 1 fully saturated rings. The predicted molar refractivity (Wildman–Crippen MR) is 120 cm³/mol. The second-order valence-electron chi connectivity index (χ2n) is 8.89. The summed E-state index contributed by atoms with van der Waals surface area (Å²) in [5.41, 5.74) is 4.32. The van der Waals surface area contributed by atoms with Crippen molar-refractivity contribution in [3.8, 4) is 11.1 Å². The van der Waals surface area contributed by atoms with Gasteiger partial charge >= 0.3 is 18.0 Å². The van der Waals surface area contributed by atoms with Crippen LogP contribution < -0.4 is 10.6 Å². The first-order chi connectivity index (χ1) is 16.2. The molecule has 9 heteroatoms. The summed E-state index contributed by atoms with van der Waals surface area (Å²) < 4.78 is 33.4. The Labute approximate surface area is 195 Å². The summed E-state index contributed by atoms with van der Waals surface area (Å²) in [4.78, 5) is 35.5. The third kappa shape index (κ3) is 4.88. The fraction of sp³-hybridized carbons (Fsp3) is 0.400. The van der Waals surface area contributed by atoms with E-state index in [9.17, 15) is 23.2 Å². The number of carbonyl (C=O) groups is 3. The number of amides is 2. The second-order valence-corrected chi connectivity index (χ2v) is 8.89. The van der Waals surface area contributed by atoms with Crippen LogP contribution >= 0.6 is 0 Å². The molecule has 2 aromatic rings. The summed E-state index contributed by atoms with van der Waals surface area (Å²) in [6.07, 6.45) is -0.150. The highest BCUT2D eigenvalue weighted by atomic mass is 19.3. The molecular weight excluding hydrogens is 446 g/mol. The lowest BCUT2D eigenvalue weighted by Gasteiger charge is -2.25. The molecule has 4 rings (SSSR count). The first kappa shape index (κ1) is 23.7. The van der Waals surface area contributed by atoms with E-state index in [-0.39, 0.29) is 18.9 Å². The number of halogens is 2. The van der Waals surface area contributed by atoms with Gasteiger partial charge in [0, 0.05) is 18.4 Å². The zero-order valence-corrected chi connectivity index (χ0v) is 18.6. The average molecular weight is 472 g/mol. The monoisotopic (exact) mass is 472 g/mol. The van der Waals surface area contributed by atoms with Crippen LogP contribution in [0.25, 0.3) is 11.1 Å². The topological polar surface area (TPSA) is 105 Å². The van der Waals surface area contributed by atoms with Crippen LogP contribution in [0, 0.1) is 5.92 Å². The number of ether oxygens (including phenoxy) is 1. The number of carboxylic acids is 1. The average Bonchev–Trinajstić information content (AvgIpc) is 3.58. The molecule has 0 heterocycles. The van der Waals surface area contributed by atoms with E-state index in [1.807, 2.05) is 48.5 Å². The molecule has 180 valence electrons. The Morgan fingerprint density at radius 2 is 1.59 bits per heavy atom. The van der Waals surface area contributed by atoms with Gasteiger partial charge in [-0.3, -0.25) is 4.79 Å². The Kier molecular flexibility index (Phi) is 6.54. The largest absolute Gasteiger partial charge is 0.477 e. The fourth-order valence-electron chi connectivity index (χ4n) is 4.47. The third-order valence-corrected chi connectivity index (χ3v) is 6.29. The molecule has 34 heavy (non-hydrogen) atoms. The summed E-state index contributed by atoms with van der Waals surface area (Å²) in [7, 11) is 0. The Morgan fingerprint density at radius 1 is 1.03 bits per heavy atom. The van der Waals surface area contributed by atoms with Crippen molar-refractivity contribution in [3.63, 3.8) is 0 Å². The highest BCUT2D eigenvalue weighted by Gasteiger charge is 2.54. The van der Waals surface area contributed by atoms with Crippen molar-refractivity contribution in [2.75, 3.05) is 6.61 Å². The number of benzene rings is 2.